The van der Waals surface area contributed by atoms with Gasteiger partial charge in [-0.1, -0.05) is 0 Å². The van der Waals surface area contributed by atoms with Gasteiger partial charge in [0.05, 0.1) is 0 Å². The number of aldehydes is 1. The Kier molecular flexibility index (Phi) is 6.74. The fourth-order valence-corrected chi connectivity index (χ4v) is 2.99. The number of hydrogen-bond donors (Lipinski definition) is 8. The van der Waals surface area contributed by atoms with E-state index in [2.05, 4.69) is 0 Å². The van der Waals surface area contributed by atoms with Crippen molar-refractivity contribution in [1.29, 1.82) is 0 Å². The van der Waals surface area contributed by atoms with Crippen LogP contribution in [0.1, 0.15) is 0 Å². The van der Waals surface area contributed by atoms with Crippen molar-refractivity contribution in [3.05, 3.63) is 40.6 Å². The largest absolute Gasteiger partial charge is 0.508 e. The second kappa shape index (κ2) is 9.36. The van der Waals surface area contributed by atoms with Crippen LogP contribution >= 0.6 is 0 Å². The average Bonchev–Trinajstić information content (AvgIpc) is 2.79. The second-order valence-electron chi connectivity index (χ2n) is 7.10. The van der Waals surface area contributed by atoms with Gasteiger partial charge in [0.25, 0.3) is 0 Å². The van der Waals surface area contributed by atoms with Crippen molar-refractivity contribution in [3.8, 4) is 40.1 Å². The number of aliphatic hydroxyl groups excluding tert-OH is 4. The second-order valence-corrected chi connectivity index (χ2v) is 7.10. The van der Waals surface area contributed by atoms with Crippen LogP contribution in [0.15, 0.2) is 39.5 Å². The first-order valence-electron chi connectivity index (χ1n) is 9.40. The molecular weight excluding hydrogens is 460 g/mol. The molecule has 0 amide bonds. The van der Waals surface area contributed by atoms with E-state index in [9.17, 15) is 55.2 Å². The van der Waals surface area contributed by atoms with Crippen molar-refractivity contribution < 1.29 is 59.6 Å². The Hall–Kier alpha value is -4.17. The zero-order valence-electron chi connectivity index (χ0n) is 16.9. The molecule has 180 valence electrons. The fourth-order valence-electron chi connectivity index (χ4n) is 2.99. The first kappa shape index (κ1) is 24.5. The van der Waals surface area contributed by atoms with E-state index in [0.717, 1.165) is 30.3 Å². The summed E-state index contributed by atoms with van der Waals surface area (Å²) in [5.74, 6) is -5.66. The molecule has 0 aliphatic heterocycles. The van der Waals surface area contributed by atoms with Crippen molar-refractivity contribution >= 4 is 23.2 Å². The maximum absolute atomic E-state index is 13.1. The molecule has 0 spiro atoms. The molecule has 34 heavy (non-hydrogen) atoms. The number of phenols is 4. The minimum Gasteiger partial charge on any atom is -0.508 e. The number of carbonyl (C=O) groups is 2. The molecule has 8 N–H and O–H groups in total. The van der Waals surface area contributed by atoms with Crippen LogP contribution in [0.4, 0.5) is 0 Å². The molecule has 0 radical (unpaired) electrons. The fraction of sp³-hybridized carbons (Fsp3) is 0.190. The lowest BCUT2D eigenvalue weighted by atomic mass is 10.0. The van der Waals surface area contributed by atoms with Crippen LogP contribution in [0, 0.1) is 0 Å². The number of carbonyl (C=O) groups excluding carboxylic acids is 2. The Balaban J connectivity index is 2.15. The average molecular weight is 478 g/mol. The van der Waals surface area contributed by atoms with Crippen molar-refractivity contribution in [2.45, 2.75) is 24.4 Å². The van der Waals surface area contributed by atoms with Crippen LogP contribution in [0.3, 0.4) is 0 Å². The molecule has 1 aromatic heterocycles. The van der Waals surface area contributed by atoms with E-state index >= 15 is 0 Å². The molecular formula is C21H18O13. The minimum absolute atomic E-state index is 0.133. The van der Waals surface area contributed by atoms with Gasteiger partial charge < -0.3 is 54.8 Å². The highest BCUT2D eigenvalue weighted by molar-refractivity contribution is 5.90. The van der Waals surface area contributed by atoms with Gasteiger partial charge in [0.1, 0.15) is 40.8 Å². The standard InChI is InChI=1S/C21H18O13/c22-6-12(27)15(28)17(30)18(31)21(32)34-20-16(29)14-11(26)4-8(23)5-13(14)33-19(20)7-1-2-9(24)10(25)3-7/h1-6,12,15,17-18,23-28,30-31H/t12-,15+,17-,18-/m0/s1. The third kappa shape index (κ3) is 4.49. The van der Waals surface area contributed by atoms with Gasteiger partial charge in [-0.25, -0.2) is 4.79 Å². The zero-order chi connectivity index (χ0) is 25.3. The summed E-state index contributed by atoms with van der Waals surface area (Å²) in [6.45, 7) is 0. The number of aliphatic hydroxyl groups is 4. The highest BCUT2D eigenvalue weighted by Crippen LogP contribution is 2.38. The van der Waals surface area contributed by atoms with Crippen LogP contribution in [-0.4, -0.2) is 77.5 Å². The summed E-state index contributed by atoms with van der Waals surface area (Å²) in [6.07, 6.45) is -9.56. The molecule has 0 saturated heterocycles. The Labute approximate surface area is 188 Å². The first-order chi connectivity index (χ1) is 16.0. The number of hydrogen-bond acceptors (Lipinski definition) is 13. The Bertz CT molecular complexity index is 1310. The SMILES string of the molecule is O=C[C@H](O)[C@@H](O)[C@H](O)[C@H](O)C(=O)Oc1c(-c2ccc(O)c(O)c2)oc2cc(O)cc(O)c2c1=O. The lowest BCUT2D eigenvalue weighted by Crippen LogP contribution is -2.49. The molecule has 0 unspecified atom stereocenters. The predicted octanol–water partition coefficient (Wildman–Crippen LogP) is -1.17. The molecule has 1 heterocycles. The van der Waals surface area contributed by atoms with Gasteiger partial charge in [0.15, 0.2) is 29.6 Å². The topological polar surface area (TPSA) is 235 Å². The van der Waals surface area contributed by atoms with Crippen molar-refractivity contribution in [2.24, 2.45) is 0 Å². The van der Waals surface area contributed by atoms with Gasteiger partial charge in [-0.3, -0.25) is 4.79 Å². The highest BCUT2D eigenvalue weighted by Gasteiger charge is 2.36. The summed E-state index contributed by atoms with van der Waals surface area (Å²) in [7, 11) is 0. The molecule has 0 fully saturated rings. The van der Waals surface area contributed by atoms with Gasteiger partial charge in [-0.05, 0) is 18.2 Å². The van der Waals surface area contributed by atoms with Crippen molar-refractivity contribution in [2.75, 3.05) is 0 Å². The molecule has 0 aliphatic rings. The van der Waals surface area contributed by atoms with Gasteiger partial charge in [0.2, 0.25) is 11.2 Å². The molecule has 13 heteroatoms. The number of rotatable bonds is 7. The summed E-state index contributed by atoms with van der Waals surface area (Å²) in [5, 5.41) is 77.3. The number of ether oxygens (including phenoxy) is 1. The predicted molar refractivity (Wildman–Crippen MR) is 110 cm³/mol. The smallest absolute Gasteiger partial charge is 0.343 e. The van der Waals surface area contributed by atoms with E-state index in [1.54, 1.807) is 0 Å². The summed E-state index contributed by atoms with van der Waals surface area (Å²) < 4.78 is 10.4. The van der Waals surface area contributed by atoms with Gasteiger partial charge in [-0.2, -0.15) is 0 Å². The summed E-state index contributed by atoms with van der Waals surface area (Å²) >= 11 is 0. The Morgan fingerprint density at radius 1 is 0.912 bits per heavy atom. The maximum Gasteiger partial charge on any atom is 0.343 e. The number of aromatic hydroxyl groups is 4. The van der Waals surface area contributed by atoms with Gasteiger partial charge >= 0.3 is 5.97 Å². The van der Waals surface area contributed by atoms with Crippen LogP contribution in [0.25, 0.3) is 22.3 Å². The van der Waals surface area contributed by atoms with Crippen LogP contribution in [-0.2, 0) is 9.59 Å². The number of fused-ring (bicyclic) bond motifs is 1. The molecule has 0 bridgehead atoms. The minimum atomic E-state index is -2.56. The molecule has 4 atom stereocenters. The maximum atomic E-state index is 13.1. The number of esters is 1. The van der Waals surface area contributed by atoms with E-state index < -0.39 is 75.7 Å². The number of benzene rings is 2. The zero-order valence-corrected chi connectivity index (χ0v) is 16.9. The Morgan fingerprint density at radius 3 is 2.21 bits per heavy atom. The third-order valence-electron chi connectivity index (χ3n) is 4.76. The normalized spacial score (nSPS) is 14.8. The summed E-state index contributed by atoms with van der Waals surface area (Å²) in [5.41, 5.74) is -1.67. The van der Waals surface area contributed by atoms with Crippen LogP contribution in [0.5, 0.6) is 28.7 Å². The summed E-state index contributed by atoms with van der Waals surface area (Å²) in [6, 6.07) is 4.84. The molecule has 2 aromatic carbocycles. The highest BCUT2D eigenvalue weighted by atomic mass is 16.6. The molecule has 0 aliphatic carbocycles. The Morgan fingerprint density at radius 2 is 1.59 bits per heavy atom. The van der Waals surface area contributed by atoms with E-state index in [0.29, 0.717) is 0 Å². The van der Waals surface area contributed by atoms with Gasteiger partial charge in [-0.15, -0.1) is 0 Å². The van der Waals surface area contributed by atoms with Crippen molar-refractivity contribution in [3.63, 3.8) is 0 Å². The van der Waals surface area contributed by atoms with E-state index in [4.69, 9.17) is 9.15 Å². The molecule has 13 nitrogen and oxygen atoms in total. The molecule has 3 aromatic rings. The van der Waals surface area contributed by atoms with E-state index in [1.807, 2.05) is 0 Å². The lowest BCUT2D eigenvalue weighted by Gasteiger charge is -2.23. The quantitative estimate of drug-likeness (QED) is 0.114. The summed E-state index contributed by atoms with van der Waals surface area (Å²) in [4.78, 5) is 36.0. The van der Waals surface area contributed by atoms with E-state index in [1.165, 1.54) is 0 Å². The van der Waals surface area contributed by atoms with Crippen LogP contribution in [0.2, 0.25) is 0 Å². The van der Waals surface area contributed by atoms with Crippen LogP contribution < -0.4 is 10.2 Å². The molecule has 0 saturated carbocycles. The number of phenolic OH excluding ortho intramolecular Hbond substituents is 4. The molecule has 3 rings (SSSR count). The van der Waals surface area contributed by atoms with Gasteiger partial charge in [0, 0.05) is 17.7 Å². The monoisotopic (exact) mass is 478 g/mol. The van der Waals surface area contributed by atoms with E-state index in [-0.39, 0.29) is 17.4 Å². The van der Waals surface area contributed by atoms with Crippen molar-refractivity contribution in [1.82, 2.24) is 0 Å². The lowest BCUT2D eigenvalue weighted by molar-refractivity contribution is -0.161. The third-order valence-corrected chi connectivity index (χ3v) is 4.76. The first-order valence-corrected chi connectivity index (χ1v) is 9.40.